The molecule has 0 saturated heterocycles. The van der Waals surface area contributed by atoms with Crippen molar-refractivity contribution in [2.24, 2.45) is 11.8 Å². The van der Waals surface area contributed by atoms with Crippen LogP contribution in [0, 0.1) is 25.7 Å². The first-order valence-electron chi connectivity index (χ1n) is 11.4. The number of benzene rings is 2. The zero-order valence-electron chi connectivity index (χ0n) is 19.0. The molecule has 0 heterocycles. The van der Waals surface area contributed by atoms with E-state index in [4.69, 9.17) is 0 Å². The summed E-state index contributed by atoms with van der Waals surface area (Å²) in [5, 5.41) is 0. The van der Waals surface area contributed by atoms with Crippen molar-refractivity contribution in [3.8, 4) is 0 Å². The van der Waals surface area contributed by atoms with Gasteiger partial charge in [-0.05, 0) is 73.3 Å². The first kappa shape index (κ1) is 21.9. The van der Waals surface area contributed by atoms with Crippen molar-refractivity contribution in [2.75, 3.05) is 0 Å². The maximum absolute atomic E-state index is 13.0. The number of hydrogen-bond donors (Lipinski definition) is 0. The van der Waals surface area contributed by atoms with Gasteiger partial charge in [-0.2, -0.15) is 0 Å². The van der Waals surface area contributed by atoms with Gasteiger partial charge in [-0.3, -0.25) is 19.2 Å². The van der Waals surface area contributed by atoms with Crippen LogP contribution < -0.4 is 0 Å². The number of ketones is 4. The molecule has 4 nitrogen and oxygen atoms in total. The van der Waals surface area contributed by atoms with E-state index in [9.17, 15) is 19.2 Å². The van der Waals surface area contributed by atoms with Gasteiger partial charge in [0.05, 0.1) is 0 Å². The van der Waals surface area contributed by atoms with E-state index in [1.807, 2.05) is 50.2 Å². The molecule has 2 aromatic carbocycles. The first-order valence-corrected chi connectivity index (χ1v) is 11.4. The zero-order valence-corrected chi connectivity index (χ0v) is 19.0. The molecule has 1 saturated carbocycles. The van der Waals surface area contributed by atoms with Gasteiger partial charge >= 0.3 is 0 Å². The van der Waals surface area contributed by atoms with E-state index in [0.29, 0.717) is 11.1 Å². The fourth-order valence-corrected chi connectivity index (χ4v) is 5.68. The van der Waals surface area contributed by atoms with Gasteiger partial charge in [-0.1, -0.05) is 59.7 Å². The highest BCUT2D eigenvalue weighted by Gasteiger charge is 2.56. The number of aryl methyl sites for hydroxylation is 2. The standard InChI is InChI=1S/C30H24O4/c1-17-5-3-7-19(13-17)27-29(23-15-21(31)9-11-25(23)33)28(20-8-4-6-18(2)14-20)30(27)24-16-22(32)10-12-26(24)34/h3-16,27-30H,1-2H3. The zero-order chi connectivity index (χ0) is 24.0. The summed E-state index contributed by atoms with van der Waals surface area (Å²) < 4.78 is 0. The topological polar surface area (TPSA) is 68.3 Å². The highest BCUT2D eigenvalue weighted by atomic mass is 16.1. The SMILES string of the molecule is Cc1cccc(C2C(C3=CC(=O)C=CC3=O)C(c3cccc(C)c3)C2C2=CC(=O)C=CC2=O)c1. The monoisotopic (exact) mass is 448 g/mol. The molecule has 2 aromatic rings. The van der Waals surface area contributed by atoms with Crippen LogP contribution in [-0.4, -0.2) is 23.1 Å². The Balaban J connectivity index is 1.72. The average Bonchev–Trinajstić information content (AvgIpc) is 2.78. The van der Waals surface area contributed by atoms with Crippen molar-refractivity contribution in [1.82, 2.24) is 0 Å². The van der Waals surface area contributed by atoms with Crippen LogP contribution in [0.4, 0.5) is 0 Å². The van der Waals surface area contributed by atoms with Gasteiger partial charge in [-0.25, -0.2) is 0 Å². The molecule has 0 aromatic heterocycles. The van der Waals surface area contributed by atoms with Crippen LogP contribution in [0.25, 0.3) is 0 Å². The molecule has 0 unspecified atom stereocenters. The van der Waals surface area contributed by atoms with Crippen LogP contribution in [0.2, 0.25) is 0 Å². The molecule has 168 valence electrons. The molecule has 0 radical (unpaired) electrons. The minimum absolute atomic E-state index is 0.182. The number of allylic oxidation sites excluding steroid dienone is 8. The van der Waals surface area contributed by atoms with E-state index in [1.54, 1.807) is 0 Å². The van der Waals surface area contributed by atoms with Crippen molar-refractivity contribution in [3.63, 3.8) is 0 Å². The second-order valence-electron chi connectivity index (χ2n) is 9.33. The molecule has 0 amide bonds. The van der Waals surface area contributed by atoms with Crippen molar-refractivity contribution in [2.45, 2.75) is 25.7 Å². The second kappa shape index (κ2) is 8.45. The molecule has 0 N–H and O–H groups in total. The molecule has 0 aliphatic heterocycles. The lowest BCUT2D eigenvalue weighted by molar-refractivity contribution is -0.116. The third-order valence-electron chi connectivity index (χ3n) is 7.08. The number of carbonyl (C=O) groups is 4. The Morgan fingerprint density at radius 1 is 0.529 bits per heavy atom. The summed E-state index contributed by atoms with van der Waals surface area (Å²) in [6, 6.07) is 16.0. The van der Waals surface area contributed by atoms with Gasteiger partial charge in [0.25, 0.3) is 0 Å². The normalized spacial score (nSPS) is 26.3. The van der Waals surface area contributed by atoms with Crippen LogP contribution in [0.1, 0.15) is 34.1 Å². The summed E-state index contributed by atoms with van der Waals surface area (Å²) in [6.07, 6.45) is 8.14. The Morgan fingerprint density at radius 3 is 1.32 bits per heavy atom. The maximum atomic E-state index is 13.0. The number of carbonyl (C=O) groups excluding carboxylic acids is 4. The van der Waals surface area contributed by atoms with Gasteiger partial charge in [-0.15, -0.1) is 0 Å². The predicted molar refractivity (Wildman–Crippen MR) is 129 cm³/mol. The highest BCUT2D eigenvalue weighted by molar-refractivity contribution is 6.19. The third kappa shape index (κ3) is 3.75. The van der Waals surface area contributed by atoms with Crippen molar-refractivity contribution in [3.05, 3.63) is 118 Å². The van der Waals surface area contributed by atoms with E-state index < -0.39 is 0 Å². The predicted octanol–water partition coefficient (Wildman–Crippen LogP) is 4.69. The molecule has 3 aliphatic carbocycles. The molecule has 3 aliphatic rings. The smallest absolute Gasteiger partial charge is 0.182 e. The second-order valence-corrected chi connectivity index (χ2v) is 9.33. The lowest BCUT2D eigenvalue weighted by atomic mass is 9.47. The average molecular weight is 449 g/mol. The first-order chi connectivity index (χ1) is 16.3. The van der Waals surface area contributed by atoms with E-state index in [-0.39, 0.29) is 46.8 Å². The largest absolute Gasteiger partial charge is 0.290 e. The Morgan fingerprint density at radius 2 is 0.941 bits per heavy atom. The molecule has 4 heteroatoms. The van der Waals surface area contributed by atoms with Gasteiger partial charge in [0.1, 0.15) is 0 Å². The molecule has 0 atom stereocenters. The summed E-state index contributed by atoms with van der Waals surface area (Å²) in [6.45, 7) is 4.00. The summed E-state index contributed by atoms with van der Waals surface area (Å²) in [5.41, 5.74) is 5.04. The Bertz CT molecular complexity index is 1250. The van der Waals surface area contributed by atoms with Crippen molar-refractivity contribution >= 4 is 23.1 Å². The molecule has 5 rings (SSSR count). The number of rotatable bonds is 4. The molecular formula is C30H24O4. The van der Waals surface area contributed by atoms with Crippen molar-refractivity contribution in [1.29, 1.82) is 0 Å². The Hall–Kier alpha value is -3.92. The fourth-order valence-electron chi connectivity index (χ4n) is 5.68. The van der Waals surface area contributed by atoms with E-state index in [2.05, 4.69) is 12.1 Å². The van der Waals surface area contributed by atoms with Crippen LogP contribution in [0.3, 0.4) is 0 Å². The van der Waals surface area contributed by atoms with Gasteiger partial charge in [0.2, 0.25) is 0 Å². The minimum atomic E-state index is -0.301. The molecule has 1 fully saturated rings. The van der Waals surface area contributed by atoms with Gasteiger partial charge in [0.15, 0.2) is 23.1 Å². The van der Waals surface area contributed by atoms with Crippen LogP contribution >= 0.6 is 0 Å². The Labute approximate surface area is 198 Å². The molecular weight excluding hydrogens is 424 g/mol. The fraction of sp³-hybridized carbons (Fsp3) is 0.200. The van der Waals surface area contributed by atoms with Crippen LogP contribution in [0.15, 0.2) is 96.1 Å². The molecule has 0 spiro atoms. The van der Waals surface area contributed by atoms with E-state index in [0.717, 1.165) is 22.3 Å². The minimum Gasteiger partial charge on any atom is -0.290 e. The summed E-state index contributed by atoms with van der Waals surface area (Å²) in [4.78, 5) is 50.6. The van der Waals surface area contributed by atoms with Gasteiger partial charge < -0.3 is 0 Å². The summed E-state index contributed by atoms with van der Waals surface area (Å²) in [7, 11) is 0. The Kier molecular flexibility index (Phi) is 5.45. The summed E-state index contributed by atoms with van der Waals surface area (Å²) in [5.74, 6) is -1.85. The lowest BCUT2D eigenvalue weighted by Gasteiger charge is -2.54. The van der Waals surface area contributed by atoms with E-state index >= 15 is 0 Å². The summed E-state index contributed by atoms with van der Waals surface area (Å²) >= 11 is 0. The van der Waals surface area contributed by atoms with Crippen molar-refractivity contribution < 1.29 is 19.2 Å². The van der Waals surface area contributed by atoms with Gasteiger partial charge in [0, 0.05) is 23.0 Å². The highest BCUT2D eigenvalue weighted by Crippen LogP contribution is 2.63. The van der Waals surface area contributed by atoms with Crippen LogP contribution in [0.5, 0.6) is 0 Å². The maximum Gasteiger partial charge on any atom is 0.182 e. The molecule has 0 bridgehead atoms. The van der Waals surface area contributed by atoms with Crippen LogP contribution in [-0.2, 0) is 19.2 Å². The quantitative estimate of drug-likeness (QED) is 0.637. The number of hydrogen-bond acceptors (Lipinski definition) is 4. The molecule has 34 heavy (non-hydrogen) atoms. The van der Waals surface area contributed by atoms with E-state index in [1.165, 1.54) is 36.5 Å². The third-order valence-corrected chi connectivity index (χ3v) is 7.08. The lowest BCUT2D eigenvalue weighted by Crippen LogP contribution is -2.48.